The van der Waals surface area contributed by atoms with Crippen molar-refractivity contribution in [3.8, 4) is 5.75 Å². The van der Waals surface area contributed by atoms with Crippen LogP contribution in [0.4, 0.5) is 0 Å². The molecule has 0 aromatic heterocycles. The van der Waals surface area contributed by atoms with E-state index in [1.54, 1.807) is 0 Å². The first-order valence-electron chi connectivity index (χ1n) is 8.66. The molecule has 0 fully saturated rings. The van der Waals surface area contributed by atoms with Gasteiger partial charge in [0.2, 0.25) is 0 Å². The first kappa shape index (κ1) is 25.0. The van der Waals surface area contributed by atoms with Crippen molar-refractivity contribution in [1.29, 1.82) is 0 Å². The molecule has 0 saturated carbocycles. The Hall–Kier alpha value is -1.03. The third-order valence-corrected chi connectivity index (χ3v) is 4.55. The van der Waals surface area contributed by atoms with Gasteiger partial charge in [0.25, 0.3) is 0 Å². The summed E-state index contributed by atoms with van der Waals surface area (Å²) < 4.78 is 28.5. The first-order chi connectivity index (χ1) is 11.7. The Balaban J connectivity index is 0.00000625. The van der Waals surface area contributed by atoms with Gasteiger partial charge in [-0.2, -0.15) is 0 Å². The third-order valence-electron chi connectivity index (χ3n) is 3.58. The van der Waals surface area contributed by atoms with Crippen molar-refractivity contribution in [3.63, 3.8) is 0 Å². The van der Waals surface area contributed by atoms with Crippen molar-refractivity contribution in [2.45, 2.75) is 46.3 Å². The maximum Gasteiger partial charge on any atom is 0.191 e. The van der Waals surface area contributed by atoms with Crippen molar-refractivity contribution >= 4 is 39.8 Å². The Morgan fingerprint density at radius 2 is 1.92 bits per heavy atom. The van der Waals surface area contributed by atoms with Crippen LogP contribution in [0, 0.1) is 6.92 Å². The van der Waals surface area contributed by atoms with Crippen LogP contribution in [-0.2, 0) is 9.84 Å². The molecule has 0 heterocycles. The molecule has 2 atom stereocenters. The van der Waals surface area contributed by atoms with E-state index in [1.807, 2.05) is 52.0 Å². The molecule has 0 bridgehead atoms. The van der Waals surface area contributed by atoms with Crippen LogP contribution in [0.15, 0.2) is 29.3 Å². The summed E-state index contributed by atoms with van der Waals surface area (Å²) in [5.41, 5.74) is 1.10. The zero-order valence-electron chi connectivity index (χ0n) is 16.3. The zero-order chi connectivity index (χ0) is 18.9. The second-order valence-corrected chi connectivity index (χ2v) is 8.64. The van der Waals surface area contributed by atoms with E-state index in [-0.39, 0.29) is 41.9 Å². The van der Waals surface area contributed by atoms with Crippen molar-refractivity contribution < 1.29 is 13.2 Å². The van der Waals surface area contributed by atoms with Gasteiger partial charge >= 0.3 is 0 Å². The smallest absolute Gasteiger partial charge is 0.191 e. The number of benzene rings is 1. The Kier molecular flexibility index (Phi) is 11.9. The van der Waals surface area contributed by atoms with Crippen LogP contribution in [0.1, 0.15) is 32.8 Å². The number of para-hydroxylation sites is 1. The number of halogens is 1. The molecule has 6 nitrogen and oxygen atoms in total. The van der Waals surface area contributed by atoms with E-state index >= 15 is 0 Å². The minimum Gasteiger partial charge on any atom is -0.489 e. The monoisotopic (exact) mass is 497 g/mol. The van der Waals surface area contributed by atoms with Crippen LogP contribution in [0.3, 0.4) is 0 Å². The van der Waals surface area contributed by atoms with E-state index in [0.717, 1.165) is 17.9 Å². The fourth-order valence-corrected chi connectivity index (χ4v) is 2.96. The SMILES string of the molecule is CCNC(=NCC(C)Oc1ccccc1C)NC(C)CCS(C)(=O)=O.I. The average Bonchev–Trinajstić information content (AvgIpc) is 2.52. The van der Waals surface area contributed by atoms with Crippen molar-refractivity contribution in [1.82, 2.24) is 10.6 Å². The largest absolute Gasteiger partial charge is 0.489 e. The Bertz CT molecular complexity index is 665. The van der Waals surface area contributed by atoms with Crippen molar-refractivity contribution in [2.75, 3.05) is 25.1 Å². The normalized spacial score (nSPS) is 14.1. The molecule has 26 heavy (non-hydrogen) atoms. The molecule has 0 spiro atoms. The third kappa shape index (κ3) is 10.8. The van der Waals surface area contributed by atoms with E-state index in [2.05, 4.69) is 15.6 Å². The van der Waals surface area contributed by atoms with Crippen LogP contribution < -0.4 is 15.4 Å². The predicted octanol–water partition coefficient (Wildman–Crippen LogP) is 2.76. The number of aryl methyl sites for hydroxylation is 1. The standard InChI is InChI=1S/C18H31N3O3S.HI/c1-6-19-18(21-15(3)11-12-25(5,22)23)20-13-16(4)24-17-10-8-7-9-14(17)2;/h7-10,15-16H,6,11-13H2,1-5H3,(H2,19,20,21);1H. The topological polar surface area (TPSA) is 79.8 Å². The van der Waals surface area contributed by atoms with Gasteiger partial charge in [-0.15, -0.1) is 24.0 Å². The van der Waals surface area contributed by atoms with E-state index in [1.165, 1.54) is 6.26 Å². The number of guanidine groups is 1. The fraction of sp³-hybridized carbons (Fsp3) is 0.611. The Morgan fingerprint density at radius 1 is 1.27 bits per heavy atom. The molecule has 150 valence electrons. The fourth-order valence-electron chi connectivity index (χ4n) is 2.18. The molecule has 8 heteroatoms. The van der Waals surface area contributed by atoms with E-state index < -0.39 is 9.84 Å². The summed E-state index contributed by atoms with van der Waals surface area (Å²) in [5, 5.41) is 6.42. The second kappa shape index (κ2) is 12.4. The van der Waals surface area contributed by atoms with Crippen LogP contribution in [0.5, 0.6) is 5.75 Å². The molecule has 0 saturated heterocycles. The lowest BCUT2D eigenvalue weighted by molar-refractivity contribution is 0.228. The van der Waals surface area contributed by atoms with Gasteiger partial charge < -0.3 is 15.4 Å². The highest BCUT2D eigenvalue weighted by Gasteiger charge is 2.10. The van der Waals surface area contributed by atoms with Gasteiger partial charge in [-0.05, 0) is 45.7 Å². The summed E-state index contributed by atoms with van der Waals surface area (Å²) in [5.74, 6) is 1.70. The lowest BCUT2D eigenvalue weighted by atomic mass is 10.2. The number of rotatable bonds is 9. The molecule has 1 aromatic rings. The van der Waals surface area contributed by atoms with Crippen LogP contribution >= 0.6 is 24.0 Å². The second-order valence-electron chi connectivity index (χ2n) is 6.38. The summed E-state index contributed by atoms with van der Waals surface area (Å²) in [6.07, 6.45) is 1.73. The van der Waals surface area contributed by atoms with Gasteiger partial charge in [0, 0.05) is 18.8 Å². The number of sulfone groups is 1. The van der Waals surface area contributed by atoms with E-state index in [9.17, 15) is 8.42 Å². The van der Waals surface area contributed by atoms with Crippen molar-refractivity contribution in [2.24, 2.45) is 4.99 Å². The van der Waals surface area contributed by atoms with Crippen LogP contribution in [0.2, 0.25) is 0 Å². The molecule has 0 amide bonds. The van der Waals surface area contributed by atoms with Gasteiger partial charge in [-0.25, -0.2) is 13.4 Å². The molecule has 0 aliphatic heterocycles. The Morgan fingerprint density at radius 3 is 2.50 bits per heavy atom. The molecular weight excluding hydrogens is 465 g/mol. The predicted molar refractivity (Wildman–Crippen MR) is 120 cm³/mol. The Labute approximate surface area is 175 Å². The van der Waals surface area contributed by atoms with Crippen molar-refractivity contribution in [3.05, 3.63) is 29.8 Å². The molecular formula is C18H32IN3O3S. The first-order valence-corrected chi connectivity index (χ1v) is 10.7. The number of hydrogen-bond donors (Lipinski definition) is 2. The number of ether oxygens (including phenoxy) is 1. The summed E-state index contributed by atoms with van der Waals surface area (Å²) >= 11 is 0. The van der Waals surface area contributed by atoms with Gasteiger partial charge in [0.05, 0.1) is 12.3 Å². The average molecular weight is 497 g/mol. The molecule has 1 rings (SSSR count). The molecule has 0 aliphatic rings. The zero-order valence-corrected chi connectivity index (χ0v) is 19.4. The van der Waals surface area contributed by atoms with Gasteiger partial charge in [-0.3, -0.25) is 0 Å². The summed E-state index contributed by atoms with van der Waals surface area (Å²) in [7, 11) is -2.95. The number of hydrogen-bond acceptors (Lipinski definition) is 4. The van der Waals surface area contributed by atoms with Crippen LogP contribution in [-0.4, -0.2) is 51.6 Å². The number of aliphatic imine (C=N–C) groups is 1. The number of nitrogens with one attached hydrogen (secondary N) is 2. The minimum absolute atomic E-state index is 0. The number of nitrogens with zero attached hydrogens (tertiary/aromatic N) is 1. The van der Waals surface area contributed by atoms with Gasteiger partial charge in [-0.1, -0.05) is 18.2 Å². The van der Waals surface area contributed by atoms with E-state index in [4.69, 9.17) is 4.74 Å². The molecule has 2 unspecified atom stereocenters. The molecule has 2 N–H and O–H groups in total. The van der Waals surface area contributed by atoms with E-state index in [0.29, 0.717) is 18.9 Å². The summed E-state index contributed by atoms with van der Waals surface area (Å²) in [6.45, 7) is 9.17. The molecule has 1 aromatic carbocycles. The van der Waals surface area contributed by atoms with Crippen LogP contribution in [0.25, 0.3) is 0 Å². The maximum absolute atomic E-state index is 11.3. The highest BCUT2D eigenvalue weighted by atomic mass is 127. The van der Waals surface area contributed by atoms with Gasteiger partial charge in [0.1, 0.15) is 21.7 Å². The highest BCUT2D eigenvalue weighted by molar-refractivity contribution is 14.0. The summed E-state index contributed by atoms with van der Waals surface area (Å²) in [4.78, 5) is 4.54. The maximum atomic E-state index is 11.3. The minimum atomic E-state index is -2.95. The molecule has 0 aliphatic carbocycles. The highest BCUT2D eigenvalue weighted by Crippen LogP contribution is 2.17. The summed E-state index contributed by atoms with van der Waals surface area (Å²) in [6, 6.07) is 7.91. The quantitative estimate of drug-likeness (QED) is 0.312. The van der Waals surface area contributed by atoms with Gasteiger partial charge in [0.15, 0.2) is 5.96 Å². The lowest BCUT2D eigenvalue weighted by Crippen LogP contribution is -2.43. The lowest BCUT2D eigenvalue weighted by Gasteiger charge is -2.19. The molecule has 0 radical (unpaired) electrons.